The molecule has 66 valence electrons. The van der Waals surface area contributed by atoms with Crippen molar-refractivity contribution in [3.63, 3.8) is 0 Å². The van der Waals surface area contributed by atoms with Crippen LogP contribution in [0.2, 0.25) is 0 Å². The van der Waals surface area contributed by atoms with E-state index in [1.54, 1.807) is 0 Å². The van der Waals surface area contributed by atoms with Gasteiger partial charge in [-0.05, 0) is 6.26 Å². The van der Waals surface area contributed by atoms with Crippen LogP contribution >= 0.6 is 11.9 Å². The number of nitrogens with zero attached hydrogens (tertiary/aromatic N) is 2. The first-order chi connectivity index (χ1) is 5.36. The van der Waals surface area contributed by atoms with Gasteiger partial charge >= 0.3 is 0 Å². The summed E-state index contributed by atoms with van der Waals surface area (Å²) >= 11 is 1.81. The minimum Gasteiger partial charge on any atom is -0.395 e. The zero-order valence-electron chi connectivity index (χ0n) is 6.99. The van der Waals surface area contributed by atoms with E-state index in [-0.39, 0.29) is 0 Å². The third-order valence-electron chi connectivity index (χ3n) is 2.01. The van der Waals surface area contributed by atoms with Gasteiger partial charge in [-0.1, -0.05) is 11.9 Å². The Kier molecular flexibility index (Phi) is 4.22. The van der Waals surface area contributed by atoms with Gasteiger partial charge in [0.2, 0.25) is 0 Å². The van der Waals surface area contributed by atoms with E-state index in [1.807, 2.05) is 11.9 Å². The van der Waals surface area contributed by atoms with Gasteiger partial charge in [0.1, 0.15) is 0 Å². The number of hydrogen-bond donors (Lipinski definition) is 1. The van der Waals surface area contributed by atoms with Crippen LogP contribution in [0.25, 0.3) is 0 Å². The SMILES string of the molecule is CSN1CCN(CCO)CC1. The highest BCUT2D eigenvalue weighted by atomic mass is 32.2. The van der Waals surface area contributed by atoms with Crippen molar-refractivity contribution >= 4 is 11.9 Å². The summed E-state index contributed by atoms with van der Waals surface area (Å²) in [4.78, 5) is 2.30. The Balaban J connectivity index is 2.14. The van der Waals surface area contributed by atoms with Crippen molar-refractivity contribution in [1.82, 2.24) is 9.21 Å². The van der Waals surface area contributed by atoms with Gasteiger partial charge in [0.15, 0.2) is 0 Å². The standard InChI is InChI=1S/C7H16N2OS/c1-11-9-4-2-8(3-5-9)6-7-10/h10H,2-7H2,1H3. The van der Waals surface area contributed by atoms with Crippen LogP contribution in [0, 0.1) is 0 Å². The molecule has 0 radical (unpaired) electrons. The van der Waals surface area contributed by atoms with Crippen LogP contribution in [-0.2, 0) is 0 Å². The molecule has 1 N–H and O–H groups in total. The number of β-amino-alcohol motifs (C(OH)–C–C–N with tert-alkyl or cyclic N) is 1. The van der Waals surface area contributed by atoms with Crippen molar-refractivity contribution in [2.75, 3.05) is 45.6 Å². The lowest BCUT2D eigenvalue weighted by molar-refractivity contribution is 0.156. The van der Waals surface area contributed by atoms with Crippen molar-refractivity contribution < 1.29 is 5.11 Å². The van der Waals surface area contributed by atoms with Crippen LogP contribution < -0.4 is 0 Å². The fraction of sp³-hybridized carbons (Fsp3) is 1.00. The van der Waals surface area contributed by atoms with Gasteiger partial charge in [0, 0.05) is 32.7 Å². The molecule has 0 bridgehead atoms. The first-order valence-corrected chi connectivity index (χ1v) is 5.17. The molecular weight excluding hydrogens is 160 g/mol. The summed E-state index contributed by atoms with van der Waals surface area (Å²) in [5.41, 5.74) is 0. The Bertz CT molecular complexity index is 105. The van der Waals surface area contributed by atoms with Crippen LogP contribution in [0.1, 0.15) is 0 Å². The quantitative estimate of drug-likeness (QED) is 0.606. The molecule has 0 amide bonds. The number of piperazine rings is 1. The summed E-state index contributed by atoms with van der Waals surface area (Å²) in [5, 5.41) is 8.68. The second-order valence-corrected chi connectivity index (χ2v) is 3.56. The van der Waals surface area contributed by atoms with E-state index >= 15 is 0 Å². The highest BCUT2D eigenvalue weighted by Crippen LogP contribution is 2.08. The molecule has 1 aliphatic heterocycles. The van der Waals surface area contributed by atoms with E-state index in [1.165, 1.54) is 0 Å². The molecule has 3 nitrogen and oxygen atoms in total. The van der Waals surface area contributed by atoms with Crippen molar-refractivity contribution in [3.8, 4) is 0 Å². The van der Waals surface area contributed by atoms with Gasteiger partial charge in [-0.25, -0.2) is 4.31 Å². The van der Waals surface area contributed by atoms with Gasteiger partial charge in [-0.15, -0.1) is 0 Å². The summed E-state index contributed by atoms with van der Waals surface area (Å²) in [6, 6.07) is 0. The third kappa shape index (κ3) is 2.99. The molecule has 1 heterocycles. The molecule has 0 unspecified atom stereocenters. The van der Waals surface area contributed by atoms with Crippen LogP contribution in [0.4, 0.5) is 0 Å². The molecule has 4 heteroatoms. The maximum Gasteiger partial charge on any atom is 0.0558 e. The Hall–Kier alpha value is 0.230. The van der Waals surface area contributed by atoms with Crippen LogP contribution in [0.3, 0.4) is 0 Å². The molecule has 1 aliphatic rings. The molecule has 1 fully saturated rings. The predicted molar refractivity (Wildman–Crippen MR) is 48.6 cm³/mol. The number of rotatable bonds is 3. The first-order valence-electron chi connectivity index (χ1n) is 3.99. The topological polar surface area (TPSA) is 26.7 Å². The average molecular weight is 176 g/mol. The maximum absolute atomic E-state index is 8.68. The van der Waals surface area contributed by atoms with E-state index in [9.17, 15) is 0 Å². The van der Waals surface area contributed by atoms with Crippen molar-refractivity contribution in [2.24, 2.45) is 0 Å². The second-order valence-electron chi connectivity index (χ2n) is 2.68. The molecule has 1 saturated heterocycles. The van der Waals surface area contributed by atoms with E-state index in [2.05, 4.69) is 15.5 Å². The van der Waals surface area contributed by atoms with Crippen LogP contribution in [0.5, 0.6) is 0 Å². The van der Waals surface area contributed by atoms with Crippen molar-refractivity contribution in [3.05, 3.63) is 0 Å². The molecule has 1 rings (SSSR count). The molecule has 0 aliphatic carbocycles. The summed E-state index contributed by atoms with van der Waals surface area (Å²) in [5.74, 6) is 0. The summed E-state index contributed by atoms with van der Waals surface area (Å²) < 4.78 is 2.36. The van der Waals surface area contributed by atoms with E-state index in [4.69, 9.17) is 5.11 Å². The molecule has 0 saturated carbocycles. The predicted octanol–water partition coefficient (Wildman–Crippen LogP) is -0.126. The maximum atomic E-state index is 8.68. The van der Waals surface area contributed by atoms with Crippen LogP contribution in [0.15, 0.2) is 0 Å². The molecular formula is C7H16N2OS. The molecule has 0 aromatic carbocycles. The number of hydrogen-bond acceptors (Lipinski definition) is 4. The largest absolute Gasteiger partial charge is 0.395 e. The van der Waals surface area contributed by atoms with E-state index < -0.39 is 0 Å². The van der Waals surface area contributed by atoms with Gasteiger partial charge in [0.25, 0.3) is 0 Å². The lowest BCUT2D eigenvalue weighted by Crippen LogP contribution is -2.44. The van der Waals surface area contributed by atoms with Gasteiger partial charge < -0.3 is 5.11 Å². The Labute approximate surface area is 72.5 Å². The zero-order chi connectivity index (χ0) is 8.10. The normalized spacial score (nSPS) is 22.4. The second kappa shape index (κ2) is 4.98. The molecule has 0 atom stereocenters. The molecule has 0 spiro atoms. The van der Waals surface area contributed by atoms with Crippen molar-refractivity contribution in [2.45, 2.75) is 0 Å². The zero-order valence-corrected chi connectivity index (χ0v) is 7.81. The van der Waals surface area contributed by atoms with E-state index in [0.717, 1.165) is 32.7 Å². The molecule has 0 aromatic rings. The lowest BCUT2D eigenvalue weighted by atomic mass is 10.4. The number of aliphatic hydroxyl groups excluding tert-OH is 1. The highest BCUT2D eigenvalue weighted by molar-refractivity contribution is 7.96. The minimum absolute atomic E-state index is 0.291. The fourth-order valence-electron chi connectivity index (χ4n) is 1.28. The highest BCUT2D eigenvalue weighted by Gasteiger charge is 2.14. The average Bonchev–Trinajstić information content (AvgIpc) is 2.07. The lowest BCUT2D eigenvalue weighted by Gasteiger charge is -2.32. The van der Waals surface area contributed by atoms with Crippen molar-refractivity contribution in [1.29, 1.82) is 0 Å². The summed E-state index contributed by atoms with van der Waals surface area (Å²) in [7, 11) is 0. The van der Waals surface area contributed by atoms with Crippen LogP contribution in [-0.4, -0.2) is 59.9 Å². The number of aliphatic hydroxyl groups is 1. The van der Waals surface area contributed by atoms with E-state index in [0.29, 0.717) is 6.61 Å². The summed E-state index contributed by atoms with van der Waals surface area (Å²) in [6.07, 6.45) is 2.11. The smallest absolute Gasteiger partial charge is 0.0558 e. The van der Waals surface area contributed by atoms with Gasteiger partial charge in [-0.3, -0.25) is 4.90 Å². The molecule has 11 heavy (non-hydrogen) atoms. The van der Waals surface area contributed by atoms with Gasteiger partial charge in [0.05, 0.1) is 6.61 Å². The van der Waals surface area contributed by atoms with Gasteiger partial charge in [-0.2, -0.15) is 0 Å². The molecule has 0 aromatic heterocycles. The fourth-order valence-corrected chi connectivity index (χ4v) is 1.81. The minimum atomic E-state index is 0.291. The third-order valence-corrected chi connectivity index (χ3v) is 2.89. The Morgan fingerprint density at radius 1 is 1.27 bits per heavy atom. The first kappa shape index (κ1) is 9.32. The Morgan fingerprint density at radius 2 is 1.91 bits per heavy atom. The Morgan fingerprint density at radius 3 is 2.36 bits per heavy atom. The monoisotopic (exact) mass is 176 g/mol. The summed E-state index contributed by atoms with van der Waals surface area (Å²) in [6.45, 7) is 5.58.